The van der Waals surface area contributed by atoms with Crippen LogP contribution in [0.5, 0.6) is 0 Å². The van der Waals surface area contributed by atoms with Crippen LogP contribution in [-0.2, 0) is 19.1 Å². The predicted molar refractivity (Wildman–Crippen MR) is 182 cm³/mol. The average Bonchev–Trinajstić information content (AvgIpc) is 3.65. The lowest BCUT2D eigenvalue weighted by Crippen LogP contribution is -2.56. The van der Waals surface area contributed by atoms with Crippen LogP contribution in [0.1, 0.15) is 30.9 Å². The SMILES string of the molecule is C=CCCCOC(=O)[C@H]1[C@@H]2SC3(CC2Br)C(C(=O)N(CC=C)c2ccc4ccccc4c2)N([C@H](CO)c2ccccc2)C(=O)[C@H]13. The summed E-state index contributed by atoms with van der Waals surface area (Å²) in [5, 5.41) is 12.6. The molecule has 0 saturated carbocycles. The lowest BCUT2D eigenvalue weighted by Gasteiger charge is -2.40. The van der Waals surface area contributed by atoms with E-state index in [1.165, 1.54) is 0 Å². The number of unbranched alkanes of at least 4 members (excludes halogenated alkanes) is 1. The van der Waals surface area contributed by atoms with Crippen molar-refractivity contribution < 1.29 is 24.2 Å². The number of alkyl halides is 1. The number of benzene rings is 3. The number of allylic oxidation sites excluding steroid dienone is 1. The summed E-state index contributed by atoms with van der Waals surface area (Å²) in [4.78, 5) is 46.7. The number of nitrogens with zero attached hydrogens (tertiary/aromatic N) is 2. The molecule has 3 fully saturated rings. The van der Waals surface area contributed by atoms with Gasteiger partial charge in [-0.2, -0.15) is 0 Å². The number of halogens is 1. The number of amides is 2. The van der Waals surface area contributed by atoms with Gasteiger partial charge in [0.1, 0.15) is 6.04 Å². The second-order valence-electron chi connectivity index (χ2n) is 11.9. The van der Waals surface area contributed by atoms with Crippen LogP contribution in [0.15, 0.2) is 98.1 Å². The van der Waals surface area contributed by atoms with Crippen LogP contribution < -0.4 is 4.90 Å². The van der Waals surface area contributed by atoms with E-state index in [1.54, 1.807) is 33.7 Å². The molecular weight excluding hydrogens is 652 g/mol. The Balaban J connectivity index is 1.45. The van der Waals surface area contributed by atoms with Gasteiger partial charge in [-0.3, -0.25) is 14.4 Å². The number of aliphatic hydroxyl groups is 1. The minimum absolute atomic E-state index is 0.0923. The standard InChI is InChI=1S/C36H37BrN2O5S/c1-3-5-11-19-44-35(43)29-30-33(41)39(28(22-40)24-13-7-6-8-14-24)32(36(30)21-27(37)31(29)45-36)34(42)38(18-4-2)26-17-16-23-12-9-10-15-25(23)20-26/h3-4,6-10,12-17,20,27-32,40H,1-2,5,11,18-19,21-22H2/t27?,28-,29-,30+,31-,32?,36?/m1/s1. The molecule has 3 saturated heterocycles. The number of ether oxygens (including phenoxy) is 1. The molecule has 2 amide bonds. The number of anilines is 1. The molecule has 9 heteroatoms. The summed E-state index contributed by atoms with van der Waals surface area (Å²) in [7, 11) is 0. The zero-order valence-corrected chi connectivity index (χ0v) is 27.4. The number of esters is 1. The Morgan fingerprint density at radius 2 is 1.82 bits per heavy atom. The molecule has 3 unspecified atom stereocenters. The third kappa shape index (κ3) is 5.42. The maximum atomic E-state index is 15.1. The van der Waals surface area contributed by atoms with Crippen LogP contribution in [0.3, 0.4) is 0 Å². The number of hydrogen-bond donors (Lipinski definition) is 1. The molecular formula is C36H37BrN2O5S. The minimum Gasteiger partial charge on any atom is -0.465 e. The maximum Gasteiger partial charge on any atom is 0.310 e. The molecule has 3 aliphatic heterocycles. The number of thioether (sulfide) groups is 1. The van der Waals surface area contributed by atoms with Crippen molar-refractivity contribution in [3.05, 3.63) is 104 Å². The van der Waals surface area contributed by atoms with E-state index < -0.39 is 34.6 Å². The summed E-state index contributed by atoms with van der Waals surface area (Å²) in [6.07, 6.45) is 5.36. The monoisotopic (exact) mass is 688 g/mol. The summed E-state index contributed by atoms with van der Waals surface area (Å²) in [5.41, 5.74) is 1.42. The van der Waals surface area contributed by atoms with Crippen molar-refractivity contribution in [3.8, 4) is 0 Å². The fraction of sp³-hybridized carbons (Fsp3) is 0.361. The Kier molecular flexibility index (Phi) is 9.22. The summed E-state index contributed by atoms with van der Waals surface area (Å²) in [5.74, 6) is -2.44. The lowest BCUT2D eigenvalue weighted by molar-refractivity contribution is -0.154. The van der Waals surface area contributed by atoms with Gasteiger partial charge in [-0.25, -0.2) is 0 Å². The van der Waals surface area contributed by atoms with E-state index in [0.717, 1.165) is 22.8 Å². The summed E-state index contributed by atoms with van der Waals surface area (Å²) in [6, 6.07) is 21.4. The van der Waals surface area contributed by atoms with E-state index >= 15 is 4.79 Å². The molecule has 2 bridgehead atoms. The predicted octanol–water partition coefficient (Wildman–Crippen LogP) is 6.07. The number of rotatable bonds is 12. The topological polar surface area (TPSA) is 87.2 Å². The van der Waals surface area contributed by atoms with Gasteiger partial charge in [0.15, 0.2) is 0 Å². The number of carbonyl (C=O) groups excluding carboxylic acids is 3. The molecule has 0 aromatic heterocycles. The van der Waals surface area contributed by atoms with Gasteiger partial charge in [-0.05, 0) is 47.7 Å². The van der Waals surface area contributed by atoms with Gasteiger partial charge in [-0.15, -0.1) is 24.9 Å². The van der Waals surface area contributed by atoms with Crippen LogP contribution in [-0.4, -0.2) is 68.4 Å². The van der Waals surface area contributed by atoms with Crippen LogP contribution in [0, 0.1) is 11.8 Å². The Morgan fingerprint density at radius 1 is 1.09 bits per heavy atom. The highest BCUT2D eigenvalue weighted by Gasteiger charge is 2.76. The van der Waals surface area contributed by atoms with Crippen molar-refractivity contribution in [2.45, 2.75) is 46.2 Å². The molecule has 3 aliphatic rings. The van der Waals surface area contributed by atoms with E-state index in [1.807, 2.05) is 72.8 Å². The summed E-state index contributed by atoms with van der Waals surface area (Å²) in [6.45, 7) is 7.77. The molecule has 6 rings (SSSR count). The van der Waals surface area contributed by atoms with Gasteiger partial charge in [0, 0.05) is 22.3 Å². The molecule has 3 aromatic rings. The van der Waals surface area contributed by atoms with E-state index in [2.05, 4.69) is 29.1 Å². The van der Waals surface area contributed by atoms with Crippen molar-refractivity contribution >= 4 is 61.9 Å². The highest BCUT2D eigenvalue weighted by atomic mass is 79.9. The molecule has 7 atom stereocenters. The van der Waals surface area contributed by atoms with Crippen LogP contribution in [0.4, 0.5) is 5.69 Å². The molecule has 1 spiro atoms. The highest BCUT2D eigenvalue weighted by Crippen LogP contribution is 2.68. The van der Waals surface area contributed by atoms with Gasteiger partial charge in [0.05, 0.1) is 35.8 Å². The third-order valence-electron chi connectivity index (χ3n) is 9.35. The van der Waals surface area contributed by atoms with E-state index in [4.69, 9.17) is 4.74 Å². The maximum absolute atomic E-state index is 15.1. The lowest BCUT2D eigenvalue weighted by atomic mass is 9.71. The molecule has 3 heterocycles. The third-order valence-corrected chi connectivity index (χ3v) is 12.6. The van der Waals surface area contributed by atoms with Gasteiger partial charge < -0.3 is 19.6 Å². The highest BCUT2D eigenvalue weighted by molar-refractivity contribution is 9.09. The smallest absolute Gasteiger partial charge is 0.310 e. The quantitative estimate of drug-likeness (QED) is 0.108. The molecule has 0 radical (unpaired) electrons. The van der Waals surface area contributed by atoms with Crippen LogP contribution in [0.25, 0.3) is 10.8 Å². The molecule has 234 valence electrons. The number of fused-ring (bicyclic) bond motifs is 2. The van der Waals surface area contributed by atoms with Crippen molar-refractivity contribution in [3.63, 3.8) is 0 Å². The van der Waals surface area contributed by atoms with Gasteiger partial charge in [0.2, 0.25) is 5.91 Å². The minimum atomic E-state index is -0.938. The molecule has 1 N–H and O–H groups in total. The molecule has 45 heavy (non-hydrogen) atoms. The number of hydrogen-bond acceptors (Lipinski definition) is 6. The van der Waals surface area contributed by atoms with Crippen molar-refractivity contribution in [2.75, 3.05) is 24.7 Å². The second-order valence-corrected chi connectivity index (χ2v) is 14.6. The largest absolute Gasteiger partial charge is 0.465 e. The Bertz CT molecular complexity index is 1620. The summed E-state index contributed by atoms with van der Waals surface area (Å²) < 4.78 is 4.84. The first-order valence-corrected chi connectivity index (χ1v) is 17.1. The average molecular weight is 690 g/mol. The van der Waals surface area contributed by atoms with Gasteiger partial charge in [-0.1, -0.05) is 88.7 Å². The molecule has 0 aliphatic carbocycles. The molecule has 7 nitrogen and oxygen atoms in total. The van der Waals surface area contributed by atoms with E-state index in [-0.39, 0.29) is 41.6 Å². The fourth-order valence-electron chi connectivity index (χ4n) is 7.42. The zero-order valence-electron chi connectivity index (χ0n) is 25.0. The van der Waals surface area contributed by atoms with Crippen molar-refractivity contribution in [1.82, 2.24) is 4.90 Å². The Morgan fingerprint density at radius 3 is 2.53 bits per heavy atom. The first kappa shape index (κ1) is 31.6. The van der Waals surface area contributed by atoms with Crippen LogP contribution >= 0.6 is 27.7 Å². The second kappa shape index (κ2) is 13.1. The normalized spacial score (nSPS) is 27.3. The van der Waals surface area contributed by atoms with Crippen LogP contribution in [0.2, 0.25) is 0 Å². The van der Waals surface area contributed by atoms with Gasteiger partial charge >= 0.3 is 5.97 Å². The number of aliphatic hydroxyl groups excluding tert-OH is 1. The number of carbonyl (C=O) groups is 3. The first-order valence-electron chi connectivity index (χ1n) is 15.3. The summed E-state index contributed by atoms with van der Waals surface area (Å²) >= 11 is 5.38. The fourth-order valence-corrected chi connectivity index (χ4v) is 11.0. The van der Waals surface area contributed by atoms with Crippen molar-refractivity contribution in [2.24, 2.45) is 11.8 Å². The Labute approximate surface area is 276 Å². The van der Waals surface area contributed by atoms with E-state index in [9.17, 15) is 14.7 Å². The van der Waals surface area contributed by atoms with Gasteiger partial charge in [0.25, 0.3) is 5.91 Å². The first-order chi connectivity index (χ1) is 21.9. The number of likely N-dealkylation sites (tertiary alicyclic amines) is 1. The Hall–Kier alpha value is -3.40. The van der Waals surface area contributed by atoms with E-state index in [0.29, 0.717) is 18.5 Å². The zero-order chi connectivity index (χ0) is 31.7. The van der Waals surface area contributed by atoms with Crippen molar-refractivity contribution in [1.29, 1.82) is 0 Å². The molecule has 3 aromatic carbocycles.